The van der Waals surface area contributed by atoms with Crippen LogP contribution < -0.4 is 4.90 Å². The van der Waals surface area contributed by atoms with Gasteiger partial charge in [0.05, 0.1) is 12.2 Å². The van der Waals surface area contributed by atoms with Gasteiger partial charge in [-0.15, -0.1) is 0 Å². The highest BCUT2D eigenvalue weighted by Crippen LogP contribution is 2.38. The Morgan fingerprint density at radius 3 is 2.13 bits per heavy atom. The molecule has 0 fully saturated rings. The molecule has 1 aliphatic rings. The molecule has 0 unspecified atom stereocenters. The zero-order valence-electron chi connectivity index (χ0n) is 13.5. The van der Waals surface area contributed by atoms with Crippen molar-refractivity contribution in [3.63, 3.8) is 0 Å². The number of halogens is 1. The number of hydrogen-bond donors (Lipinski definition) is 2. The Kier molecular flexibility index (Phi) is 4.37. The molecule has 2 atom stereocenters. The van der Waals surface area contributed by atoms with Gasteiger partial charge in [-0.25, -0.2) is 4.39 Å². The van der Waals surface area contributed by atoms with Gasteiger partial charge < -0.3 is 15.1 Å². The van der Waals surface area contributed by atoms with E-state index in [2.05, 4.69) is 6.07 Å². The van der Waals surface area contributed by atoms with Crippen molar-refractivity contribution >= 4 is 5.69 Å². The van der Waals surface area contributed by atoms with Gasteiger partial charge in [-0.2, -0.15) is 0 Å². The number of nitrogens with zero attached hydrogens (tertiary/aromatic N) is 1. The molecule has 2 aromatic carbocycles. The Morgan fingerprint density at radius 1 is 0.957 bits per heavy atom. The van der Waals surface area contributed by atoms with Crippen molar-refractivity contribution in [2.24, 2.45) is 0 Å². The lowest BCUT2D eigenvalue weighted by molar-refractivity contribution is 0.178. The fourth-order valence-corrected chi connectivity index (χ4v) is 3.29. The molecule has 0 amide bonds. The topological polar surface area (TPSA) is 43.7 Å². The Hall–Kier alpha value is -1.91. The zero-order chi connectivity index (χ0) is 16.6. The van der Waals surface area contributed by atoms with E-state index in [9.17, 15) is 14.6 Å². The highest BCUT2D eigenvalue weighted by atomic mass is 19.1. The smallest absolute Gasteiger partial charge is 0.123 e. The second-order valence-electron chi connectivity index (χ2n) is 6.42. The van der Waals surface area contributed by atoms with Crippen molar-refractivity contribution in [1.29, 1.82) is 0 Å². The van der Waals surface area contributed by atoms with Gasteiger partial charge in [0.1, 0.15) is 5.82 Å². The molecule has 23 heavy (non-hydrogen) atoms. The van der Waals surface area contributed by atoms with Crippen LogP contribution in [0.2, 0.25) is 0 Å². The van der Waals surface area contributed by atoms with E-state index in [1.165, 1.54) is 6.07 Å². The minimum absolute atomic E-state index is 0.207. The van der Waals surface area contributed by atoms with Gasteiger partial charge in [0, 0.05) is 18.8 Å². The molecule has 0 aliphatic heterocycles. The third-order valence-corrected chi connectivity index (χ3v) is 4.16. The molecular formula is C19H22FNO2. The summed E-state index contributed by atoms with van der Waals surface area (Å²) < 4.78 is 13.4. The maximum Gasteiger partial charge on any atom is 0.123 e. The van der Waals surface area contributed by atoms with E-state index >= 15 is 0 Å². The quantitative estimate of drug-likeness (QED) is 0.761. The zero-order valence-corrected chi connectivity index (χ0v) is 13.5. The summed E-state index contributed by atoms with van der Waals surface area (Å²) in [5.74, 6) is -0.207. The second kappa shape index (κ2) is 6.30. The molecular weight excluding hydrogens is 293 g/mol. The van der Waals surface area contributed by atoms with E-state index in [1.54, 1.807) is 19.9 Å². The summed E-state index contributed by atoms with van der Waals surface area (Å²) in [6, 6.07) is 11.1. The summed E-state index contributed by atoms with van der Waals surface area (Å²) in [7, 11) is 0. The number of benzene rings is 2. The molecule has 1 aliphatic carbocycles. The van der Waals surface area contributed by atoms with Gasteiger partial charge >= 0.3 is 0 Å². The molecule has 0 radical (unpaired) electrons. The maximum absolute atomic E-state index is 13.4. The van der Waals surface area contributed by atoms with Crippen molar-refractivity contribution in [3.05, 3.63) is 53.3 Å². The lowest BCUT2D eigenvalue weighted by Crippen LogP contribution is -2.36. The molecule has 2 aromatic rings. The highest BCUT2D eigenvalue weighted by molar-refractivity contribution is 5.78. The molecule has 2 N–H and O–H groups in total. The van der Waals surface area contributed by atoms with Crippen LogP contribution in [0.5, 0.6) is 0 Å². The molecule has 0 saturated heterocycles. The first-order valence-corrected chi connectivity index (χ1v) is 7.97. The predicted molar refractivity (Wildman–Crippen MR) is 90.2 cm³/mol. The van der Waals surface area contributed by atoms with Gasteiger partial charge in [0.2, 0.25) is 0 Å². The first kappa shape index (κ1) is 16.0. The number of aliphatic hydroxyl groups excluding tert-OH is 2. The summed E-state index contributed by atoms with van der Waals surface area (Å²) in [5.41, 5.74) is 5.36. The van der Waals surface area contributed by atoms with Crippen molar-refractivity contribution in [2.75, 3.05) is 18.0 Å². The van der Waals surface area contributed by atoms with Crippen LogP contribution in [0.25, 0.3) is 11.1 Å². The third kappa shape index (κ3) is 3.38. The van der Waals surface area contributed by atoms with Crippen molar-refractivity contribution in [2.45, 2.75) is 32.5 Å². The van der Waals surface area contributed by atoms with E-state index in [0.717, 1.165) is 27.9 Å². The fourth-order valence-electron chi connectivity index (χ4n) is 3.29. The summed E-state index contributed by atoms with van der Waals surface area (Å²) in [6.45, 7) is 4.40. The van der Waals surface area contributed by atoms with Crippen LogP contribution >= 0.6 is 0 Å². The van der Waals surface area contributed by atoms with Crippen molar-refractivity contribution < 1.29 is 14.6 Å². The van der Waals surface area contributed by atoms with Crippen molar-refractivity contribution in [3.8, 4) is 11.1 Å². The van der Waals surface area contributed by atoms with E-state index in [4.69, 9.17) is 0 Å². The first-order valence-electron chi connectivity index (χ1n) is 7.97. The van der Waals surface area contributed by atoms with E-state index < -0.39 is 12.2 Å². The molecule has 0 bridgehead atoms. The van der Waals surface area contributed by atoms with Gasteiger partial charge in [0.25, 0.3) is 0 Å². The van der Waals surface area contributed by atoms with Crippen LogP contribution in [-0.4, -0.2) is 35.5 Å². The van der Waals surface area contributed by atoms with Crippen LogP contribution in [0, 0.1) is 5.82 Å². The normalized spacial score (nSPS) is 15.0. The summed E-state index contributed by atoms with van der Waals surface area (Å²) in [5, 5.41) is 19.4. The molecule has 3 rings (SSSR count). The fraction of sp³-hybridized carbons (Fsp3) is 0.368. The average molecular weight is 315 g/mol. The van der Waals surface area contributed by atoms with Crippen LogP contribution in [0.3, 0.4) is 0 Å². The summed E-state index contributed by atoms with van der Waals surface area (Å²) in [6.07, 6.45) is -0.241. The number of fused-ring (bicyclic) bond motifs is 3. The standard InChI is InChI=1S/C19H22FNO2/c1-12(22)10-21(11-13(2)23)17-4-6-19-15(9-17)7-14-8-16(20)3-5-18(14)19/h3-6,8-9,12-13,22-23H,7,10-11H2,1-2H3/t12-,13-/m1/s1. The minimum Gasteiger partial charge on any atom is -0.392 e. The Bertz CT molecular complexity index is 703. The molecule has 122 valence electrons. The molecule has 3 nitrogen and oxygen atoms in total. The average Bonchev–Trinajstić information content (AvgIpc) is 2.81. The van der Waals surface area contributed by atoms with Crippen LogP contribution in [0.1, 0.15) is 25.0 Å². The number of anilines is 1. The van der Waals surface area contributed by atoms with Crippen molar-refractivity contribution in [1.82, 2.24) is 0 Å². The Labute approximate surface area is 136 Å². The lowest BCUT2D eigenvalue weighted by Gasteiger charge is -2.28. The van der Waals surface area contributed by atoms with Crippen LogP contribution in [0.15, 0.2) is 36.4 Å². The Balaban J connectivity index is 1.92. The minimum atomic E-state index is -0.478. The predicted octanol–water partition coefficient (Wildman–Crippen LogP) is 2.96. The number of aliphatic hydroxyl groups is 2. The SMILES string of the molecule is C[C@@H](O)CN(C[C@@H](C)O)c1ccc2c(c1)Cc1cc(F)ccc1-2. The summed E-state index contributed by atoms with van der Waals surface area (Å²) >= 11 is 0. The van der Waals surface area contributed by atoms with Gasteiger partial charge in [0.15, 0.2) is 0 Å². The third-order valence-electron chi connectivity index (χ3n) is 4.16. The van der Waals surface area contributed by atoms with E-state index in [-0.39, 0.29) is 5.82 Å². The Morgan fingerprint density at radius 2 is 1.52 bits per heavy atom. The van der Waals surface area contributed by atoms with Gasteiger partial charge in [-0.1, -0.05) is 12.1 Å². The number of rotatable bonds is 5. The lowest BCUT2D eigenvalue weighted by atomic mass is 10.0. The summed E-state index contributed by atoms with van der Waals surface area (Å²) in [4.78, 5) is 1.99. The van der Waals surface area contributed by atoms with Crippen LogP contribution in [0.4, 0.5) is 10.1 Å². The van der Waals surface area contributed by atoms with Crippen LogP contribution in [-0.2, 0) is 6.42 Å². The van der Waals surface area contributed by atoms with Gasteiger partial charge in [-0.05, 0) is 66.8 Å². The highest BCUT2D eigenvalue weighted by Gasteiger charge is 2.21. The van der Waals surface area contributed by atoms with Gasteiger partial charge in [-0.3, -0.25) is 0 Å². The molecule has 0 aromatic heterocycles. The second-order valence-corrected chi connectivity index (χ2v) is 6.42. The maximum atomic E-state index is 13.4. The molecule has 0 saturated carbocycles. The van der Waals surface area contributed by atoms with E-state index in [1.807, 2.05) is 23.1 Å². The monoisotopic (exact) mass is 315 g/mol. The number of hydrogen-bond acceptors (Lipinski definition) is 3. The molecule has 4 heteroatoms. The first-order chi connectivity index (χ1) is 10.9. The molecule has 0 heterocycles. The largest absolute Gasteiger partial charge is 0.392 e. The van der Waals surface area contributed by atoms with E-state index in [0.29, 0.717) is 19.5 Å². The molecule has 0 spiro atoms.